The SMILES string of the molecule is O=C(NCCCCOc1ccccc1)c1cccc([N+](=O)[O-])c1. The molecule has 0 unspecified atom stereocenters. The van der Waals surface area contributed by atoms with E-state index in [1.165, 1.54) is 18.2 Å². The van der Waals surface area contributed by atoms with Gasteiger partial charge in [-0.25, -0.2) is 0 Å². The van der Waals surface area contributed by atoms with Crippen molar-refractivity contribution in [3.05, 3.63) is 70.3 Å². The fourth-order valence-corrected chi connectivity index (χ4v) is 2.00. The Hall–Kier alpha value is -2.89. The molecule has 2 aromatic rings. The van der Waals surface area contributed by atoms with Crippen LogP contribution in [0.4, 0.5) is 5.69 Å². The molecule has 0 saturated heterocycles. The smallest absolute Gasteiger partial charge is 0.270 e. The molecule has 6 nitrogen and oxygen atoms in total. The van der Waals surface area contributed by atoms with Gasteiger partial charge >= 0.3 is 0 Å². The molecule has 0 fully saturated rings. The number of amides is 1. The first-order chi connectivity index (χ1) is 11.2. The van der Waals surface area contributed by atoms with Gasteiger partial charge in [0.1, 0.15) is 5.75 Å². The Morgan fingerprint density at radius 1 is 1.09 bits per heavy atom. The number of hydrogen-bond donors (Lipinski definition) is 1. The minimum Gasteiger partial charge on any atom is -0.494 e. The number of benzene rings is 2. The fraction of sp³-hybridized carbons (Fsp3) is 0.235. The van der Waals surface area contributed by atoms with E-state index < -0.39 is 4.92 Å². The summed E-state index contributed by atoms with van der Waals surface area (Å²) in [6.45, 7) is 1.08. The average molecular weight is 314 g/mol. The van der Waals surface area contributed by atoms with Gasteiger partial charge in [-0.05, 0) is 31.0 Å². The number of carbonyl (C=O) groups excluding carboxylic acids is 1. The van der Waals surface area contributed by atoms with Crippen LogP contribution in [0.1, 0.15) is 23.2 Å². The molecule has 2 rings (SSSR count). The number of nitro groups is 1. The van der Waals surface area contributed by atoms with Crippen LogP contribution >= 0.6 is 0 Å². The molecule has 1 N–H and O–H groups in total. The number of para-hydroxylation sites is 1. The molecule has 0 spiro atoms. The van der Waals surface area contributed by atoms with E-state index in [1.54, 1.807) is 6.07 Å². The Labute approximate surface area is 134 Å². The molecule has 0 aromatic heterocycles. The summed E-state index contributed by atoms with van der Waals surface area (Å²) in [5.41, 5.74) is 0.202. The molecule has 0 aliphatic carbocycles. The van der Waals surface area contributed by atoms with Gasteiger partial charge in [0.25, 0.3) is 11.6 Å². The second-order valence-corrected chi connectivity index (χ2v) is 4.93. The van der Waals surface area contributed by atoms with Gasteiger partial charge in [-0.2, -0.15) is 0 Å². The number of carbonyl (C=O) groups is 1. The Bertz CT molecular complexity index is 659. The highest BCUT2D eigenvalue weighted by atomic mass is 16.6. The standard InChI is InChI=1S/C17H18N2O4/c20-17(14-7-6-8-15(13-14)19(21)22)18-11-4-5-12-23-16-9-2-1-3-10-16/h1-3,6-10,13H,4-5,11-12H2,(H,18,20). The van der Waals surface area contributed by atoms with Crippen molar-refractivity contribution in [3.8, 4) is 5.75 Å². The molecule has 0 saturated carbocycles. The quantitative estimate of drug-likeness (QED) is 0.461. The number of nitro benzene ring substituents is 1. The van der Waals surface area contributed by atoms with Crippen LogP contribution in [0.2, 0.25) is 0 Å². The summed E-state index contributed by atoms with van der Waals surface area (Å²) in [5.74, 6) is 0.519. The number of rotatable bonds is 8. The summed E-state index contributed by atoms with van der Waals surface area (Å²) in [6.07, 6.45) is 1.58. The summed E-state index contributed by atoms with van der Waals surface area (Å²) < 4.78 is 5.55. The zero-order valence-electron chi connectivity index (χ0n) is 12.6. The van der Waals surface area contributed by atoms with Crippen LogP contribution in [-0.4, -0.2) is 24.0 Å². The van der Waals surface area contributed by atoms with Gasteiger partial charge in [0.2, 0.25) is 0 Å². The second kappa shape index (κ2) is 8.53. The Morgan fingerprint density at radius 3 is 2.61 bits per heavy atom. The second-order valence-electron chi connectivity index (χ2n) is 4.93. The Balaban J connectivity index is 1.67. The molecule has 0 aliphatic heterocycles. The summed E-state index contributed by atoms with van der Waals surface area (Å²) in [6, 6.07) is 15.2. The molecule has 2 aromatic carbocycles. The predicted octanol–water partition coefficient (Wildman–Crippen LogP) is 3.18. The van der Waals surface area contributed by atoms with E-state index in [4.69, 9.17) is 4.74 Å². The number of hydrogen-bond acceptors (Lipinski definition) is 4. The lowest BCUT2D eigenvalue weighted by atomic mass is 10.2. The van der Waals surface area contributed by atoms with Crippen molar-refractivity contribution in [1.82, 2.24) is 5.32 Å². The maximum Gasteiger partial charge on any atom is 0.270 e. The van der Waals surface area contributed by atoms with Crippen LogP contribution < -0.4 is 10.1 Å². The number of unbranched alkanes of at least 4 members (excludes halogenated alkanes) is 1. The highest BCUT2D eigenvalue weighted by Gasteiger charge is 2.10. The van der Waals surface area contributed by atoms with E-state index in [0.29, 0.717) is 18.7 Å². The van der Waals surface area contributed by atoms with Crippen molar-refractivity contribution in [3.63, 3.8) is 0 Å². The Kier molecular flexibility index (Phi) is 6.11. The molecule has 0 atom stereocenters. The van der Waals surface area contributed by atoms with Gasteiger partial charge in [0.05, 0.1) is 11.5 Å². The third-order valence-electron chi connectivity index (χ3n) is 3.19. The first-order valence-corrected chi connectivity index (χ1v) is 7.37. The minimum atomic E-state index is -0.516. The topological polar surface area (TPSA) is 81.5 Å². The van der Waals surface area contributed by atoms with Crippen molar-refractivity contribution >= 4 is 11.6 Å². The number of non-ortho nitro benzene ring substituents is 1. The van der Waals surface area contributed by atoms with Crippen LogP contribution in [-0.2, 0) is 0 Å². The van der Waals surface area contributed by atoms with E-state index in [-0.39, 0.29) is 11.6 Å². The summed E-state index contributed by atoms with van der Waals surface area (Å²) >= 11 is 0. The van der Waals surface area contributed by atoms with Gasteiger partial charge in [-0.15, -0.1) is 0 Å². The van der Waals surface area contributed by atoms with Crippen LogP contribution in [0.5, 0.6) is 5.75 Å². The van der Waals surface area contributed by atoms with Crippen LogP contribution in [0.3, 0.4) is 0 Å². The minimum absolute atomic E-state index is 0.0890. The summed E-state index contributed by atoms with van der Waals surface area (Å²) in [5, 5.41) is 13.4. The van der Waals surface area contributed by atoms with E-state index in [0.717, 1.165) is 18.6 Å². The highest BCUT2D eigenvalue weighted by molar-refractivity contribution is 5.94. The van der Waals surface area contributed by atoms with Crippen molar-refractivity contribution < 1.29 is 14.5 Å². The zero-order valence-corrected chi connectivity index (χ0v) is 12.6. The van der Waals surface area contributed by atoms with Crippen LogP contribution in [0.15, 0.2) is 54.6 Å². The summed E-state index contributed by atoms with van der Waals surface area (Å²) in [7, 11) is 0. The Morgan fingerprint density at radius 2 is 1.87 bits per heavy atom. The first kappa shape index (κ1) is 16.5. The number of nitrogens with zero attached hydrogens (tertiary/aromatic N) is 1. The lowest BCUT2D eigenvalue weighted by Crippen LogP contribution is -2.24. The molecule has 120 valence electrons. The molecule has 0 heterocycles. The number of nitrogens with one attached hydrogen (secondary N) is 1. The normalized spacial score (nSPS) is 10.1. The molecule has 0 radical (unpaired) electrons. The van der Waals surface area contributed by atoms with E-state index in [1.807, 2.05) is 30.3 Å². The monoisotopic (exact) mass is 314 g/mol. The van der Waals surface area contributed by atoms with Crippen molar-refractivity contribution in [2.45, 2.75) is 12.8 Å². The lowest BCUT2D eigenvalue weighted by Gasteiger charge is -2.07. The largest absolute Gasteiger partial charge is 0.494 e. The molecule has 23 heavy (non-hydrogen) atoms. The molecule has 6 heteroatoms. The van der Waals surface area contributed by atoms with E-state index >= 15 is 0 Å². The predicted molar refractivity (Wildman–Crippen MR) is 86.6 cm³/mol. The van der Waals surface area contributed by atoms with Crippen molar-refractivity contribution in [1.29, 1.82) is 0 Å². The van der Waals surface area contributed by atoms with Gasteiger partial charge < -0.3 is 10.1 Å². The third-order valence-corrected chi connectivity index (χ3v) is 3.19. The first-order valence-electron chi connectivity index (χ1n) is 7.37. The van der Waals surface area contributed by atoms with Gasteiger partial charge in [0, 0.05) is 24.2 Å². The third kappa shape index (κ3) is 5.43. The van der Waals surface area contributed by atoms with E-state index in [9.17, 15) is 14.9 Å². The molecular formula is C17H18N2O4. The maximum absolute atomic E-state index is 11.9. The molecule has 1 amide bonds. The van der Waals surface area contributed by atoms with Crippen molar-refractivity contribution in [2.75, 3.05) is 13.2 Å². The van der Waals surface area contributed by atoms with E-state index in [2.05, 4.69) is 5.32 Å². The van der Waals surface area contributed by atoms with Gasteiger partial charge in [0.15, 0.2) is 0 Å². The zero-order chi connectivity index (χ0) is 16.5. The lowest BCUT2D eigenvalue weighted by molar-refractivity contribution is -0.384. The van der Waals surface area contributed by atoms with Gasteiger partial charge in [-0.3, -0.25) is 14.9 Å². The fourth-order valence-electron chi connectivity index (χ4n) is 2.00. The molecular weight excluding hydrogens is 296 g/mol. The van der Waals surface area contributed by atoms with Crippen molar-refractivity contribution in [2.24, 2.45) is 0 Å². The highest BCUT2D eigenvalue weighted by Crippen LogP contribution is 2.13. The summed E-state index contributed by atoms with van der Waals surface area (Å²) in [4.78, 5) is 22.1. The average Bonchev–Trinajstić information content (AvgIpc) is 2.58. The van der Waals surface area contributed by atoms with Gasteiger partial charge in [-0.1, -0.05) is 24.3 Å². The molecule has 0 aliphatic rings. The number of ether oxygens (including phenoxy) is 1. The van der Waals surface area contributed by atoms with Crippen LogP contribution in [0, 0.1) is 10.1 Å². The van der Waals surface area contributed by atoms with Crippen LogP contribution in [0.25, 0.3) is 0 Å². The molecule has 0 bridgehead atoms. The maximum atomic E-state index is 11.9.